The van der Waals surface area contributed by atoms with Crippen molar-refractivity contribution in [2.45, 2.75) is 30.4 Å². The Morgan fingerprint density at radius 3 is 2.38 bits per heavy atom. The maximum absolute atomic E-state index is 13.2. The largest absolute Gasteiger partial charge is 0.296 e. The summed E-state index contributed by atoms with van der Waals surface area (Å²) in [6, 6.07) is 4.04. The molecule has 0 amide bonds. The van der Waals surface area contributed by atoms with Crippen molar-refractivity contribution >= 4 is 15.6 Å². The first-order chi connectivity index (χ1) is 9.85. The van der Waals surface area contributed by atoms with Crippen molar-refractivity contribution in [3.05, 3.63) is 35.4 Å². The first-order valence-corrected chi connectivity index (χ1v) is 8.17. The van der Waals surface area contributed by atoms with Crippen molar-refractivity contribution in [2.75, 3.05) is 5.75 Å². The van der Waals surface area contributed by atoms with Gasteiger partial charge in [-0.1, -0.05) is 6.42 Å². The summed E-state index contributed by atoms with van der Waals surface area (Å²) in [6.07, 6.45) is 1.21. The van der Waals surface area contributed by atoms with Crippen LogP contribution in [0.25, 0.3) is 0 Å². The third-order valence-electron chi connectivity index (χ3n) is 3.53. The molecule has 0 radical (unpaired) electrons. The van der Waals surface area contributed by atoms with Gasteiger partial charge in [-0.25, -0.2) is 17.2 Å². The van der Waals surface area contributed by atoms with Crippen molar-refractivity contribution in [3.8, 4) is 6.07 Å². The Bertz CT molecular complexity index is 689. The van der Waals surface area contributed by atoms with E-state index in [9.17, 15) is 22.0 Å². The van der Waals surface area contributed by atoms with Crippen LogP contribution in [0.2, 0.25) is 0 Å². The number of hydrogen-bond donors (Lipinski definition) is 0. The fourth-order valence-corrected chi connectivity index (χ4v) is 4.41. The molecule has 2 atom stereocenters. The van der Waals surface area contributed by atoms with Gasteiger partial charge >= 0.3 is 0 Å². The molecule has 4 nitrogen and oxygen atoms in total. The standard InChI is InChI=1S/C14H13F2NO3S/c15-10-5-9(6-11(16)7-10)12(8-17)14(18)13-3-1-2-4-21(13,19)20/h5-7,12-13H,1-4H2. The molecule has 0 aromatic heterocycles. The van der Waals surface area contributed by atoms with Gasteiger partial charge in [-0.15, -0.1) is 0 Å². The summed E-state index contributed by atoms with van der Waals surface area (Å²) in [5, 5.41) is 7.86. The number of rotatable bonds is 3. The van der Waals surface area contributed by atoms with Gasteiger partial charge < -0.3 is 0 Å². The lowest BCUT2D eigenvalue weighted by Crippen LogP contribution is -2.38. The van der Waals surface area contributed by atoms with Crippen molar-refractivity contribution in [2.24, 2.45) is 0 Å². The zero-order chi connectivity index (χ0) is 15.6. The molecule has 2 unspecified atom stereocenters. The lowest BCUT2D eigenvalue weighted by atomic mass is 9.92. The Balaban J connectivity index is 2.37. The molecule has 112 valence electrons. The van der Waals surface area contributed by atoms with E-state index in [0.29, 0.717) is 18.9 Å². The van der Waals surface area contributed by atoms with E-state index in [0.717, 1.165) is 12.1 Å². The van der Waals surface area contributed by atoms with Crippen LogP contribution in [0.15, 0.2) is 18.2 Å². The molecule has 1 fully saturated rings. The zero-order valence-electron chi connectivity index (χ0n) is 11.1. The Morgan fingerprint density at radius 1 is 1.24 bits per heavy atom. The van der Waals surface area contributed by atoms with Gasteiger partial charge in [0.15, 0.2) is 15.6 Å². The highest BCUT2D eigenvalue weighted by Gasteiger charge is 2.39. The van der Waals surface area contributed by atoms with E-state index in [1.807, 2.05) is 0 Å². The SMILES string of the molecule is N#CC(C(=O)C1CCCCS1(=O)=O)c1cc(F)cc(F)c1. The lowest BCUT2D eigenvalue weighted by Gasteiger charge is -2.23. The molecule has 0 spiro atoms. The number of Topliss-reactive ketones (excluding diaryl/α,β-unsaturated/α-hetero) is 1. The summed E-state index contributed by atoms with van der Waals surface area (Å²) in [5.74, 6) is -4.21. The van der Waals surface area contributed by atoms with Gasteiger partial charge in [-0.3, -0.25) is 4.79 Å². The third kappa shape index (κ3) is 3.27. The predicted octanol–water partition coefficient (Wildman–Crippen LogP) is 2.11. The molecule has 21 heavy (non-hydrogen) atoms. The highest BCUT2D eigenvalue weighted by Crippen LogP contribution is 2.27. The quantitative estimate of drug-likeness (QED) is 0.856. The van der Waals surface area contributed by atoms with Crippen LogP contribution in [0.4, 0.5) is 8.78 Å². The molecule has 1 aromatic carbocycles. The van der Waals surface area contributed by atoms with E-state index in [4.69, 9.17) is 5.26 Å². The monoisotopic (exact) mass is 313 g/mol. The number of nitriles is 1. The highest BCUT2D eigenvalue weighted by atomic mass is 32.2. The normalized spacial score (nSPS) is 22.2. The van der Waals surface area contributed by atoms with Crippen molar-refractivity contribution in [1.29, 1.82) is 5.26 Å². The number of carbonyl (C=O) groups is 1. The number of ketones is 1. The molecule has 7 heteroatoms. The van der Waals surface area contributed by atoms with Gasteiger partial charge in [-0.05, 0) is 30.5 Å². The molecule has 0 aliphatic carbocycles. The third-order valence-corrected chi connectivity index (χ3v) is 5.72. The minimum Gasteiger partial charge on any atom is -0.296 e. The fraction of sp³-hybridized carbons (Fsp3) is 0.429. The Labute approximate surface area is 121 Å². The maximum atomic E-state index is 13.2. The van der Waals surface area contributed by atoms with E-state index in [1.54, 1.807) is 6.07 Å². The van der Waals surface area contributed by atoms with Crippen LogP contribution in [-0.4, -0.2) is 25.2 Å². The second kappa shape index (κ2) is 5.90. The molecule has 2 rings (SSSR count). The summed E-state index contributed by atoms with van der Waals surface area (Å²) >= 11 is 0. The second-order valence-corrected chi connectivity index (χ2v) is 7.32. The zero-order valence-corrected chi connectivity index (χ0v) is 11.9. The van der Waals surface area contributed by atoms with Gasteiger partial charge in [0.2, 0.25) is 0 Å². The molecule has 1 aliphatic heterocycles. The molecule has 0 bridgehead atoms. The second-order valence-electron chi connectivity index (χ2n) is 5.02. The number of benzene rings is 1. The van der Waals surface area contributed by atoms with E-state index >= 15 is 0 Å². The first kappa shape index (κ1) is 15.6. The summed E-state index contributed by atoms with van der Waals surface area (Å²) in [7, 11) is -3.59. The van der Waals surface area contributed by atoms with Crippen LogP contribution < -0.4 is 0 Å². The number of carbonyl (C=O) groups excluding carboxylic acids is 1. The van der Waals surface area contributed by atoms with Gasteiger partial charge in [0.05, 0.1) is 11.8 Å². The highest BCUT2D eigenvalue weighted by molar-refractivity contribution is 7.92. The molecule has 0 saturated carbocycles. The molecular formula is C14H13F2NO3S. The number of sulfone groups is 1. The Morgan fingerprint density at radius 2 is 1.86 bits per heavy atom. The van der Waals surface area contributed by atoms with Crippen LogP contribution >= 0.6 is 0 Å². The number of halogens is 2. The molecule has 1 aromatic rings. The van der Waals surface area contributed by atoms with E-state index in [1.165, 1.54) is 0 Å². The first-order valence-electron chi connectivity index (χ1n) is 6.46. The van der Waals surface area contributed by atoms with E-state index < -0.39 is 38.4 Å². The van der Waals surface area contributed by atoms with E-state index in [-0.39, 0.29) is 17.7 Å². The smallest absolute Gasteiger partial charge is 0.172 e. The van der Waals surface area contributed by atoms with Gasteiger partial charge in [-0.2, -0.15) is 5.26 Å². The topological polar surface area (TPSA) is 75.0 Å². The summed E-state index contributed by atoms with van der Waals surface area (Å²) in [5.41, 5.74) is -0.152. The van der Waals surface area contributed by atoms with Gasteiger partial charge in [0.1, 0.15) is 22.8 Å². The van der Waals surface area contributed by atoms with Crippen molar-refractivity contribution < 1.29 is 22.0 Å². The van der Waals surface area contributed by atoms with Crippen LogP contribution in [0.5, 0.6) is 0 Å². The average molecular weight is 313 g/mol. The van der Waals surface area contributed by atoms with Gasteiger partial charge in [0, 0.05) is 6.07 Å². The van der Waals surface area contributed by atoms with E-state index in [2.05, 4.69) is 0 Å². The van der Waals surface area contributed by atoms with Crippen LogP contribution in [-0.2, 0) is 14.6 Å². The van der Waals surface area contributed by atoms with Crippen molar-refractivity contribution in [1.82, 2.24) is 0 Å². The average Bonchev–Trinajstić information content (AvgIpc) is 2.37. The minimum atomic E-state index is -3.59. The summed E-state index contributed by atoms with van der Waals surface area (Å²) in [6.45, 7) is 0. The Kier molecular flexibility index (Phi) is 4.37. The Hall–Kier alpha value is -1.81. The fourth-order valence-electron chi connectivity index (χ4n) is 2.50. The van der Waals surface area contributed by atoms with Crippen molar-refractivity contribution in [3.63, 3.8) is 0 Å². The van der Waals surface area contributed by atoms with Crippen LogP contribution in [0.1, 0.15) is 30.7 Å². The number of hydrogen-bond acceptors (Lipinski definition) is 4. The maximum Gasteiger partial charge on any atom is 0.172 e. The lowest BCUT2D eigenvalue weighted by molar-refractivity contribution is -0.119. The van der Waals surface area contributed by atoms with Crippen LogP contribution in [0.3, 0.4) is 0 Å². The molecule has 1 heterocycles. The summed E-state index contributed by atoms with van der Waals surface area (Å²) in [4.78, 5) is 12.3. The molecule has 0 N–H and O–H groups in total. The minimum absolute atomic E-state index is 0.0981. The van der Waals surface area contributed by atoms with Crippen LogP contribution in [0, 0.1) is 23.0 Å². The van der Waals surface area contributed by atoms with Gasteiger partial charge in [0.25, 0.3) is 0 Å². The molecule has 1 aliphatic rings. The predicted molar refractivity (Wildman–Crippen MR) is 71.1 cm³/mol. The number of nitrogens with zero attached hydrogens (tertiary/aromatic N) is 1. The molecular weight excluding hydrogens is 300 g/mol. The molecule has 1 saturated heterocycles. The summed E-state index contributed by atoms with van der Waals surface area (Å²) < 4.78 is 50.3.